The van der Waals surface area contributed by atoms with Gasteiger partial charge in [0.25, 0.3) is 0 Å². The van der Waals surface area contributed by atoms with Crippen LogP contribution >= 0.6 is 0 Å². The van der Waals surface area contributed by atoms with Crippen molar-refractivity contribution >= 4 is 0 Å². The third-order valence-electron chi connectivity index (χ3n) is 2.16. The van der Waals surface area contributed by atoms with Crippen LogP contribution in [-0.4, -0.2) is 11.2 Å². The van der Waals surface area contributed by atoms with Gasteiger partial charge in [0.15, 0.2) is 0 Å². The molecule has 0 aliphatic rings. The summed E-state index contributed by atoms with van der Waals surface area (Å²) in [5.41, 5.74) is 0. The van der Waals surface area contributed by atoms with E-state index in [1.165, 1.54) is 12.8 Å². The van der Waals surface area contributed by atoms with Crippen LogP contribution in [0.5, 0.6) is 0 Å². The van der Waals surface area contributed by atoms with Gasteiger partial charge in [-0.25, -0.2) is 0 Å². The average Bonchev–Trinajstić information content (AvgIpc) is 2.10. The summed E-state index contributed by atoms with van der Waals surface area (Å²) in [5, 5.41) is 9.59. The van der Waals surface area contributed by atoms with Gasteiger partial charge < -0.3 is 5.11 Å². The topological polar surface area (TPSA) is 20.2 Å². The SMILES string of the molecule is CC/C=C/C(O)C(C)CCCC. The van der Waals surface area contributed by atoms with Crippen LogP contribution in [0.2, 0.25) is 0 Å². The second-order valence-corrected chi connectivity index (χ2v) is 3.45. The maximum Gasteiger partial charge on any atom is 0.0746 e. The molecule has 0 spiro atoms. The minimum atomic E-state index is -0.239. The summed E-state index contributed by atoms with van der Waals surface area (Å²) in [6, 6.07) is 0. The first kappa shape index (κ1) is 11.7. The molecule has 0 saturated carbocycles. The molecule has 0 heterocycles. The van der Waals surface area contributed by atoms with Gasteiger partial charge in [-0.15, -0.1) is 0 Å². The van der Waals surface area contributed by atoms with Crippen LogP contribution in [0.1, 0.15) is 46.5 Å². The molecule has 2 atom stereocenters. The molecule has 0 fully saturated rings. The molecular weight excluding hydrogens is 148 g/mol. The van der Waals surface area contributed by atoms with E-state index in [9.17, 15) is 5.11 Å². The van der Waals surface area contributed by atoms with Gasteiger partial charge in [-0.1, -0.05) is 45.8 Å². The molecule has 12 heavy (non-hydrogen) atoms. The van der Waals surface area contributed by atoms with Crippen molar-refractivity contribution in [3.8, 4) is 0 Å². The predicted molar refractivity (Wildman–Crippen MR) is 54.1 cm³/mol. The molecular formula is C11H22O. The minimum absolute atomic E-state index is 0.239. The van der Waals surface area contributed by atoms with Crippen LogP contribution in [0.25, 0.3) is 0 Å². The minimum Gasteiger partial charge on any atom is -0.389 e. The molecule has 1 nitrogen and oxygen atoms in total. The molecule has 0 radical (unpaired) electrons. The van der Waals surface area contributed by atoms with Gasteiger partial charge in [-0.05, 0) is 18.8 Å². The lowest BCUT2D eigenvalue weighted by molar-refractivity contribution is 0.155. The van der Waals surface area contributed by atoms with E-state index in [1.54, 1.807) is 0 Å². The van der Waals surface area contributed by atoms with E-state index in [0.717, 1.165) is 12.8 Å². The fraction of sp³-hybridized carbons (Fsp3) is 0.818. The van der Waals surface area contributed by atoms with Crippen molar-refractivity contribution in [3.05, 3.63) is 12.2 Å². The smallest absolute Gasteiger partial charge is 0.0746 e. The molecule has 1 N–H and O–H groups in total. The highest BCUT2D eigenvalue weighted by Gasteiger charge is 2.09. The third-order valence-corrected chi connectivity index (χ3v) is 2.16. The van der Waals surface area contributed by atoms with Crippen LogP contribution in [0.3, 0.4) is 0 Å². The molecule has 0 aromatic heterocycles. The second kappa shape index (κ2) is 7.35. The van der Waals surface area contributed by atoms with E-state index in [4.69, 9.17) is 0 Å². The van der Waals surface area contributed by atoms with E-state index in [-0.39, 0.29) is 6.10 Å². The van der Waals surface area contributed by atoms with Crippen molar-refractivity contribution in [1.82, 2.24) is 0 Å². The van der Waals surface area contributed by atoms with Crippen LogP contribution in [0.4, 0.5) is 0 Å². The molecule has 72 valence electrons. The number of allylic oxidation sites excluding steroid dienone is 1. The Morgan fingerprint density at radius 3 is 2.50 bits per heavy atom. The van der Waals surface area contributed by atoms with Gasteiger partial charge in [0.1, 0.15) is 0 Å². The Morgan fingerprint density at radius 2 is 2.00 bits per heavy atom. The fourth-order valence-electron chi connectivity index (χ4n) is 1.16. The zero-order chi connectivity index (χ0) is 9.40. The average molecular weight is 170 g/mol. The lowest BCUT2D eigenvalue weighted by atomic mass is 9.98. The predicted octanol–water partition coefficient (Wildman–Crippen LogP) is 3.14. The van der Waals surface area contributed by atoms with Crippen LogP contribution < -0.4 is 0 Å². The Kier molecular flexibility index (Phi) is 7.17. The molecule has 0 aliphatic heterocycles. The lowest BCUT2D eigenvalue weighted by Gasteiger charge is -2.14. The maximum absolute atomic E-state index is 9.59. The molecule has 0 bridgehead atoms. The van der Waals surface area contributed by atoms with Gasteiger partial charge in [0, 0.05) is 0 Å². The standard InChI is InChI=1S/C11H22O/c1-4-6-8-10(3)11(12)9-7-5-2/h7,9-12H,4-6,8H2,1-3H3/b9-7+. The van der Waals surface area contributed by atoms with Gasteiger partial charge >= 0.3 is 0 Å². The molecule has 0 aliphatic carbocycles. The Labute approximate surface area is 76.5 Å². The normalized spacial score (nSPS) is 16.7. The number of hydrogen-bond donors (Lipinski definition) is 1. The summed E-state index contributed by atoms with van der Waals surface area (Å²) < 4.78 is 0. The largest absolute Gasteiger partial charge is 0.389 e. The fourth-order valence-corrected chi connectivity index (χ4v) is 1.16. The second-order valence-electron chi connectivity index (χ2n) is 3.45. The van der Waals surface area contributed by atoms with Gasteiger partial charge in [0.2, 0.25) is 0 Å². The molecule has 0 aromatic carbocycles. The van der Waals surface area contributed by atoms with Crippen molar-refractivity contribution in [2.75, 3.05) is 0 Å². The van der Waals surface area contributed by atoms with E-state index >= 15 is 0 Å². The van der Waals surface area contributed by atoms with Crippen molar-refractivity contribution < 1.29 is 5.11 Å². The number of unbranched alkanes of at least 4 members (excludes halogenated alkanes) is 1. The molecule has 0 rings (SSSR count). The molecule has 0 saturated heterocycles. The summed E-state index contributed by atoms with van der Waals surface area (Å²) in [6.07, 6.45) is 8.29. The Bertz CT molecular complexity index is 118. The van der Waals surface area contributed by atoms with E-state index in [0.29, 0.717) is 5.92 Å². The first-order chi connectivity index (χ1) is 5.72. The molecule has 0 aromatic rings. The van der Waals surface area contributed by atoms with Crippen molar-refractivity contribution in [2.45, 2.75) is 52.6 Å². The first-order valence-electron chi connectivity index (χ1n) is 5.07. The summed E-state index contributed by atoms with van der Waals surface area (Å²) >= 11 is 0. The summed E-state index contributed by atoms with van der Waals surface area (Å²) in [4.78, 5) is 0. The van der Waals surface area contributed by atoms with Crippen molar-refractivity contribution in [1.29, 1.82) is 0 Å². The monoisotopic (exact) mass is 170 g/mol. The quantitative estimate of drug-likeness (QED) is 0.607. The van der Waals surface area contributed by atoms with Gasteiger partial charge in [0.05, 0.1) is 6.10 Å². The van der Waals surface area contributed by atoms with Gasteiger partial charge in [-0.3, -0.25) is 0 Å². The lowest BCUT2D eigenvalue weighted by Crippen LogP contribution is -2.14. The number of rotatable bonds is 6. The summed E-state index contributed by atoms with van der Waals surface area (Å²) in [7, 11) is 0. The zero-order valence-corrected chi connectivity index (χ0v) is 8.59. The van der Waals surface area contributed by atoms with Gasteiger partial charge in [-0.2, -0.15) is 0 Å². The zero-order valence-electron chi connectivity index (χ0n) is 8.59. The van der Waals surface area contributed by atoms with Crippen molar-refractivity contribution in [3.63, 3.8) is 0 Å². The Balaban J connectivity index is 3.60. The van der Waals surface area contributed by atoms with Crippen molar-refractivity contribution in [2.24, 2.45) is 5.92 Å². The number of aliphatic hydroxyl groups is 1. The van der Waals surface area contributed by atoms with Crippen LogP contribution in [0.15, 0.2) is 12.2 Å². The summed E-state index contributed by atoms with van der Waals surface area (Å²) in [5.74, 6) is 0.410. The summed E-state index contributed by atoms with van der Waals surface area (Å²) in [6.45, 7) is 6.38. The molecule has 1 heteroatoms. The Morgan fingerprint density at radius 1 is 1.33 bits per heavy atom. The van der Waals surface area contributed by atoms with Crippen LogP contribution in [-0.2, 0) is 0 Å². The highest BCUT2D eigenvalue weighted by atomic mass is 16.3. The molecule has 2 unspecified atom stereocenters. The number of aliphatic hydroxyl groups excluding tert-OH is 1. The number of hydrogen-bond acceptors (Lipinski definition) is 1. The first-order valence-corrected chi connectivity index (χ1v) is 5.07. The third kappa shape index (κ3) is 5.36. The van der Waals surface area contributed by atoms with E-state index in [1.807, 2.05) is 12.2 Å². The van der Waals surface area contributed by atoms with Crippen LogP contribution in [0, 0.1) is 5.92 Å². The highest BCUT2D eigenvalue weighted by Crippen LogP contribution is 2.13. The Hall–Kier alpha value is -0.300. The maximum atomic E-state index is 9.59. The molecule has 0 amide bonds. The van der Waals surface area contributed by atoms with E-state index < -0.39 is 0 Å². The van der Waals surface area contributed by atoms with E-state index in [2.05, 4.69) is 20.8 Å². The highest BCUT2D eigenvalue weighted by molar-refractivity contribution is 4.89.